The van der Waals surface area contributed by atoms with Crippen molar-refractivity contribution in [2.24, 2.45) is 23.0 Å². The second-order valence-corrected chi connectivity index (χ2v) is 6.86. The predicted octanol–water partition coefficient (Wildman–Crippen LogP) is 3.19. The Labute approximate surface area is 125 Å². The van der Waals surface area contributed by atoms with Gasteiger partial charge in [0.1, 0.15) is 6.54 Å². The van der Waals surface area contributed by atoms with Gasteiger partial charge in [0.2, 0.25) is 5.91 Å². The first-order valence-corrected chi connectivity index (χ1v) is 7.66. The van der Waals surface area contributed by atoms with Crippen molar-refractivity contribution in [3.05, 3.63) is 0 Å². The van der Waals surface area contributed by atoms with E-state index in [1.54, 1.807) is 0 Å². The van der Waals surface area contributed by atoms with E-state index in [1.807, 2.05) is 13.8 Å². The first kappa shape index (κ1) is 18.3. The van der Waals surface area contributed by atoms with E-state index in [-0.39, 0.29) is 19.0 Å². The van der Waals surface area contributed by atoms with Gasteiger partial charge in [0.05, 0.1) is 5.41 Å². The van der Waals surface area contributed by atoms with Crippen LogP contribution < -0.4 is 5.73 Å². The molecule has 0 aliphatic heterocycles. The summed E-state index contributed by atoms with van der Waals surface area (Å²) in [6.07, 6.45) is -1.48. The molecule has 2 N–H and O–H groups in total. The second kappa shape index (κ2) is 6.99. The summed E-state index contributed by atoms with van der Waals surface area (Å²) in [6.45, 7) is 4.80. The molecule has 1 saturated carbocycles. The molecular weight excluding hydrogens is 281 g/mol. The Bertz CT molecular complexity index is 347. The van der Waals surface area contributed by atoms with Crippen molar-refractivity contribution in [3.8, 4) is 0 Å². The van der Waals surface area contributed by atoms with Crippen LogP contribution in [0.4, 0.5) is 13.2 Å². The van der Waals surface area contributed by atoms with Crippen LogP contribution in [0.5, 0.6) is 0 Å². The number of hydrogen-bond donors (Lipinski definition) is 1. The van der Waals surface area contributed by atoms with Crippen molar-refractivity contribution < 1.29 is 18.0 Å². The third-order valence-electron chi connectivity index (χ3n) is 4.32. The van der Waals surface area contributed by atoms with Gasteiger partial charge in [-0.2, -0.15) is 13.2 Å². The maximum Gasteiger partial charge on any atom is 0.406 e. The molecule has 1 fully saturated rings. The fraction of sp³-hybridized carbons (Fsp3) is 0.933. The van der Waals surface area contributed by atoms with Crippen LogP contribution in [0, 0.1) is 17.3 Å². The van der Waals surface area contributed by atoms with Crippen LogP contribution in [-0.4, -0.2) is 36.6 Å². The van der Waals surface area contributed by atoms with Gasteiger partial charge in [0, 0.05) is 13.1 Å². The lowest BCUT2D eigenvalue weighted by atomic mass is 9.70. The third-order valence-corrected chi connectivity index (χ3v) is 4.32. The van der Waals surface area contributed by atoms with Crippen molar-refractivity contribution in [2.75, 3.05) is 19.6 Å². The van der Waals surface area contributed by atoms with E-state index in [4.69, 9.17) is 5.73 Å². The zero-order valence-electron chi connectivity index (χ0n) is 13.2. The highest BCUT2D eigenvalue weighted by atomic mass is 19.4. The van der Waals surface area contributed by atoms with Crippen LogP contribution in [0.15, 0.2) is 0 Å². The van der Waals surface area contributed by atoms with Crippen LogP contribution in [0.25, 0.3) is 0 Å². The molecule has 0 saturated heterocycles. The molecule has 0 unspecified atom stereocenters. The molecule has 3 nitrogen and oxygen atoms in total. The second-order valence-electron chi connectivity index (χ2n) is 6.86. The van der Waals surface area contributed by atoms with Gasteiger partial charge in [-0.25, -0.2) is 0 Å². The monoisotopic (exact) mass is 308 g/mol. The van der Waals surface area contributed by atoms with Gasteiger partial charge >= 0.3 is 6.18 Å². The summed E-state index contributed by atoms with van der Waals surface area (Å²) in [7, 11) is 0. The molecule has 0 radical (unpaired) electrons. The summed E-state index contributed by atoms with van der Waals surface area (Å²) >= 11 is 0. The Morgan fingerprint density at radius 2 is 1.86 bits per heavy atom. The van der Waals surface area contributed by atoms with E-state index in [0.717, 1.165) is 17.7 Å². The first-order chi connectivity index (χ1) is 9.59. The Balaban J connectivity index is 2.91. The molecule has 6 heteroatoms. The summed E-state index contributed by atoms with van der Waals surface area (Å²) in [6, 6.07) is 0. The number of hydrogen-bond acceptors (Lipinski definition) is 2. The lowest BCUT2D eigenvalue weighted by Crippen LogP contribution is -2.52. The van der Waals surface area contributed by atoms with Crippen LogP contribution in [-0.2, 0) is 4.79 Å². The van der Waals surface area contributed by atoms with Crippen molar-refractivity contribution >= 4 is 5.91 Å². The van der Waals surface area contributed by atoms with E-state index in [2.05, 4.69) is 6.92 Å². The van der Waals surface area contributed by atoms with Crippen molar-refractivity contribution in [3.63, 3.8) is 0 Å². The lowest BCUT2D eigenvalue weighted by Gasteiger charge is -2.41. The maximum atomic E-state index is 12.7. The molecule has 0 bridgehead atoms. The van der Waals surface area contributed by atoms with Gasteiger partial charge in [-0.15, -0.1) is 0 Å². The predicted molar refractivity (Wildman–Crippen MR) is 76.6 cm³/mol. The molecule has 1 aliphatic rings. The van der Waals surface area contributed by atoms with Crippen molar-refractivity contribution in [1.29, 1.82) is 0 Å². The minimum Gasteiger partial charge on any atom is -0.333 e. The quantitative estimate of drug-likeness (QED) is 0.848. The zero-order chi connectivity index (χ0) is 16.3. The summed E-state index contributed by atoms with van der Waals surface area (Å²) < 4.78 is 38.2. The largest absolute Gasteiger partial charge is 0.406 e. The van der Waals surface area contributed by atoms with Gasteiger partial charge < -0.3 is 10.6 Å². The van der Waals surface area contributed by atoms with Gasteiger partial charge in [-0.05, 0) is 37.5 Å². The molecule has 0 spiro atoms. The van der Waals surface area contributed by atoms with Gasteiger partial charge in [0.25, 0.3) is 0 Å². The van der Waals surface area contributed by atoms with E-state index < -0.39 is 24.0 Å². The molecule has 0 aromatic carbocycles. The SMILES string of the molecule is CC(C)CN(CC(F)(F)F)C(=O)C1(CN)CCC(C)CC1. The minimum absolute atomic E-state index is 0.00589. The topological polar surface area (TPSA) is 46.3 Å². The van der Waals surface area contributed by atoms with Crippen LogP contribution in [0.2, 0.25) is 0 Å². The molecule has 1 amide bonds. The normalized spacial score (nSPS) is 27.0. The van der Waals surface area contributed by atoms with Crippen LogP contribution in [0.1, 0.15) is 46.5 Å². The molecular formula is C15H27F3N2O. The number of rotatable bonds is 5. The standard InChI is InChI=1S/C15H27F3N2O/c1-11(2)8-20(10-15(16,17)18)13(21)14(9-19)6-4-12(3)5-7-14/h11-12H,4-10,19H2,1-3H3. The molecule has 1 aliphatic carbocycles. The Morgan fingerprint density at radius 3 is 2.24 bits per heavy atom. The molecule has 0 aromatic heterocycles. The molecule has 1 rings (SSSR count). The fourth-order valence-corrected chi connectivity index (χ4v) is 3.03. The van der Waals surface area contributed by atoms with Crippen LogP contribution in [0.3, 0.4) is 0 Å². The number of nitrogens with zero attached hydrogens (tertiary/aromatic N) is 1. The minimum atomic E-state index is -4.37. The highest BCUT2D eigenvalue weighted by Gasteiger charge is 2.44. The average molecular weight is 308 g/mol. The molecule has 0 aromatic rings. The van der Waals surface area contributed by atoms with Crippen molar-refractivity contribution in [1.82, 2.24) is 4.90 Å². The van der Waals surface area contributed by atoms with E-state index in [9.17, 15) is 18.0 Å². The summed E-state index contributed by atoms with van der Waals surface area (Å²) in [4.78, 5) is 13.7. The zero-order valence-corrected chi connectivity index (χ0v) is 13.2. The first-order valence-electron chi connectivity index (χ1n) is 7.66. The Morgan fingerprint density at radius 1 is 1.33 bits per heavy atom. The summed E-state index contributed by atoms with van der Waals surface area (Å²) in [5, 5.41) is 0. The smallest absolute Gasteiger partial charge is 0.333 e. The van der Waals surface area contributed by atoms with E-state index in [0.29, 0.717) is 18.8 Å². The Hall–Kier alpha value is -0.780. The average Bonchev–Trinajstić information content (AvgIpc) is 2.36. The number of alkyl halides is 3. The number of carbonyl (C=O) groups excluding carboxylic acids is 1. The highest BCUT2D eigenvalue weighted by molar-refractivity contribution is 5.83. The number of amides is 1. The number of carbonyl (C=O) groups is 1. The Kier molecular flexibility index (Phi) is 6.08. The van der Waals surface area contributed by atoms with Crippen molar-refractivity contribution in [2.45, 2.75) is 52.6 Å². The maximum absolute atomic E-state index is 12.7. The van der Waals surface area contributed by atoms with E-state index in [1.165, 1.54) is 0 Å². The summed E-state index contributed by atoms with van der Waals surface area (Å²) in [5.74, 6) is 0.0928. The molecule has 21 heavy (non-hydrogen) atoms. The van der Waals surface area contributed by atoms with Gasteiger partial charge in [-0.3, -0.25) is 4.79 Å². The highest BCUT2D eigenvalue weighted by Crippen LogP contribution is 2.40. The molecule has 0 atom stereocenters. The third kappa shape index (κ3) is 5.16. The number of nitrogens with two attached hydrogens (primary N) is 1. The number of halogens is 3. The van der Waals surface area contributed by atoms with Gasteiger partial charge in [0.15, 0.2) is 0 Å². The lowest BCUT2D eigenvalue weighted by molar-refractivity contribution is -0.170. The van der Waals surface area contributed by atoms with Crippen LogP contribution >= 0.6 is 0 Å². The van der Waals surface area contributed by atoms with Gasteiger partial charge in [-0.1, -0.05) is 20.8 Å². The fourth-order valence-electron chi connectivity index (χ4n) is 3.03. The molecule has 0 heterocycles. The summed E-state index contributed by atoms with van der Waals surface area (Å²) in [5.41, 5.74) is 4.99. The molecule has 124 valence electrons. The van der Waals surface area contributed by atoms with E-state index >= 15 is 0 Å².